The van der Waals surface area contributed by atoms with Gasteiger partial charge < -0.3 is 14.8 Å². The fourth-order valence-corrected chi connectivity index (χ4v) is 3.08. The average molecular weight is 318 g/mol. The van der Waals surface area contributed by atoms with Crippen LogP contribution >= 0.6 is 0 Å². The van der Waals surface area contributed by atoms with E-state index in [0.717, 1.165) is 30.9 Å². The second kappa shape index (κ2) is 8.31. The van der Waals surface area contributed by atoms with E-state index in [9.17, 15) is 4.79 Å². The molecule has 0 saturated carbocycles. The SMILES string of the molecule is O=C(NCc1ccc(OCCN2CCCC2)cc1)[C@H]1CCOC1. The van der Waals surface area contributed by atoms with Crippen LogP contribution in [0, 0.1) is 5.92 Å². The smallest absolute Gasteiger partial charge is 0.225 e. The summed E-state index contributed by atoms with van der Waals surface area (Å²) in [6.45, 7) is 5.95. The molecule has 2 fully saturated rings. The zero-order valence-electron chi connectivity index (χ0n) is 13.6. The molecule has 2 aliphatic heterocycles. The van der Waals surface area contributed by atoms with Crippen molar-refractivity contribution in [2.75, 3.05) is 39.5 Å². The summed E-state index contributed by atoms with van der Waals surface area (Å²) in [4.78, 5) is 14.4. The Hall–Kier alpha value is -1.59. The van der Waals surface area contributed by atoms with Crippen LogP contribution in [0.2, 0.25) is 0 Å². The maximum Gasteiger partial charge on any atom is 0.225 e. The van der Waals surface area contributed by atoms with Gasteiger partial charge in [-0.1, -0.05) is 12.1 Å². The third kappa shape index (κ3) is 4.94. The number of nitrogens with one attached hydrogen (secondary N) is 1. The summed E-state index contributed by atoms with van der Waals surface area (Å²) in [5, 5.41) is 2.97. The lowest BCUT2D eigenvalue weighted by molar-refractivity contribution is -0.125. The van der Waals surface area contributed by atoms with Crippen molar-refractivity contribution >= 4 is 5.91 Å². The van der Waals surface area contributed by atoms with E-state index in [2.05, 4.69) is 10.2 Å². The van der Waals surface area contributed by atoms with E-state index in [1.54, 1.807) is 0 Å². The first-order chi connectivity index (χ1) is 11.3. The highest BCUT2D eigenvalue weighted by Gasteiger charge is 2.22. The second-order valence-corrected chi connectivity index (χ2v) is 6.32. The van der Waals surface area contributed by atoms with E-state index in [1.165, 1.54) is 25.9 Å². The Morgan fingerprint density at radius 2 is 2.04 bits per heavy atom. The maximum atomic E-state index is 11.9. The Morgan fingerprint density at radius 3 is 2.74 bits per heavy atom. The first-order valence-corrected chi connectivity index (χ1v) is 8.61. The summed E-state index contributed by atoms with van der Waals surface area (Å²) in [5.74, 6) is 1.00. The number of carbonyl (C=O) groups is 1. The van der Waals surface area contributed by atoms with Crippen LogP contribution in [0.3, 0.4) is 0 Å². The van der Waals surface area contributed by atoms with Crippen LogP contribution in [-0.2, 0) is 16.1 Å². The molecule has 1 amide bonds. The van der Waals surface area contributed by atoms with Crippen molar-refractivity contribution in [1.29, 1.82) is 0 Å². The molecule has 1 aromatic carbocycles. The topological polar surface area (TPSA) is 50.8 Å². The fraction of sp³-hybridized carbons (Fsp3) is 0.611. The van der Waals surface area contributed by atoms with Crippen molar-refractivity contribution in [2.24, 2.45) is 5.92 Å². The molecule has 0 aromatic heterocycles. The Labute approximate surface area is 137 Å². The van der Waals surface area contributed by atoms with Gasteiger partial charge >= 0.3 is 0 Å². The molecular formula is C18H26N2O3. The number of carbonyl (C=O) groups excluding carboxylic acids is 1. The minimum atomic E-state index is 0.0168. The third-order valence-corrected chi connectivity index (χ3v) is 4.57. The molecule has 0 unspecified atom stereocenters. The van der Waals surface area contributed by atoms with Crippen molar-refractivity contribution in [2.45, 2.75) is 25.8 Å². The van der Waals surface area contributed by atoms with Crippen molar-refractivity contribution < 1.29 is 14.3 Å². The number of amides is 1. The Bertz CT molecular complexity index is 491. The molecule has 23 heavy (non-hydrogen) atoms. The zero-order chi connectivity index (χ0) is 15.9. The van der Waals surface area contributed by atoms with Gasteiger partial charge in [-0.05, 0) is 50.0 Å². The monoisotopic (exact) mass is 318 g/mol. The van der Waals surface area contributed by atoms with Gasteiger partial charge in [0.25, 0.3) is 0 Å². The molecule has 1 N–H and O–H groups in total. The number of hydrogen-bond donors (Lipinski definition) is 1. The summed E-state index contributed by atoms with van der Waals surface area (Å²) >= 11 is 0. The van der Waals surface area contributed by atoms with Crippen molar-refractivity contribution in [1.82, 2.24) is 10.2 Å². The van der Waals surface area contributed by atoms with Crippen LogP contribution in [0.4, 0.5) is 0 Å². The van der Waals surface area contributed by atoms with Crippen LogP contribution in [0.15, 0.2) is 24.3 Å². The number of rotatable bonds is 7. The van der Waals surface area contributed by atoms with Gasteiger partial charge in [-0.3, -0.25) is 9.69 Å². The average Bonchev–Trinajstić information content (AvgIpc) is 3.27. The van der Waals surface area contributed by atoms with Crippen LogP contribution < -0.4 is 10.1 Å². The molecule has 2 aliphatic rings. The largest absolute Gasteiger partial charge is 0.492 e. The minimum Gasteiger partial charge on any atom is -0.492 e. The van der Waals surface area contributed by atoms with Crippen LogP contribution in [0.5, 0.6) is 5.75 Å². The molecule has 0 radical (unpaired) electrons. The van der Waals surface area contributed by atoms with Gasteiger partial charge in [0.15, 0.2) is 0 Å². The number of benzene rings is 1. The molecule has 5 heteroatoms. The van der Waals surface area contributed by atoms with Gasteiger partial charge in [-0.25, -0.2) is 0 Å². The molecule has 5 nitrogen and oxygen atoms in total. The second-order valence-electron chi connectivity index (χ2n) is 6.32. The van der Waals surface area contributed by atoms with Crippen LogP contribution in [-0.4, -0.2) is 50.3 Å². The quantitative estimate of drug-likeness (QED) is 0.833. The predicted octanol–water partition coefficient (Wildman–Crippen LogP) is 1.81. The summed E-state index contributed by atoms with van der Waals surface area (Å²) in [6.07, 6.45) is 3.45. The molecule has 0 bridgehead atoms. The molecule has 1 atom stereocenters. The number of likely N-dealkylation sites (tertiary alicyclic amines) is 1. The van der Waals surface area contributed by atoms with Crippen LogP contribution in [0.25, 0.3) is 0 Å². The van der Waals surface area contributed by atoms with E-state index in [-0.39, 0.29) is 11.8 Å². The maximum absolute atomic E-state index is 11.9. The van der Waals surface area contributed by atoms with Gasteiger partial charge in [-0.2, -0.15) is 0 Å². The summed E-state index contributed by atoms with van der Waals surface area (Å²) in [6, 6.07) is 7.97. The molecule has 126 valence electrons. The highest BCUT2D eigenvalue weighted by molar-refractivity contribution is 5.78. The molecule has 2 saturated heterocycles. The normalized spacial score (nSPS) is 21.5. The highest BCUT2D eigenvalue weighted by atomic mass is 16.5. The van der Waals surface area contributed by atoms with E-state index in [4.69, 9.17) is 9.47 Å². The lowest BCUT2D eigenvalue weighted by Crippen LogP contribution is -2.30. The van der Waals surface area contributed by atoms with Gasteiger partial charge in [0.2, 0.25) is 5.91 Å². The predicted molar refractivity (Wildman–Crippen MR) is 88.4 cm³/mol. The standard InChI is InChI=1S/C18H26N2O3/c21-18(16-7-11-22-14-16)19-13-15-3-5-17(6-4-15)23-12-10-20-8-1-2-9-20/h3-6,16H,1-2,7-14H2,(H,19,21)/t16-/m0/s1. The van der Waals surface area contributed by atoms with Gasteiger partial charge in [0.1, 0.15) is 12.4 Å². The fourth-order valence-electron chi connectivity index (χ4n) is 3.08. The van der Waals surface area contributed by atoms with Gasteiger partial charge in [-0.15, -0.1) is 0 Å². The Kier molecular flexibility index (Phi) is 5.88. The molecule has 0 aliphatic carbocycles. The Balaban J connectivity index is 1.37. The van der Waals surface area contributed by atoms with Crippen LogP contribution in [0.1, 0.15) is 24.8 Å². The molecule has 2 heterocycles. The van der Waals surface area contributed by atoms with Gasteiger partial charge in [0.05, 0.1) is 12.5 Å². The number of ether oxygens (including phenoxy) is 2. The molecule has 1 aromatic rings. The first-order valence-electron chi connectivity index (χ1n) is 8.61. The molecular weight excluding hydrogens is 292 g/mol. The van der Waals surface area contributed by atoms with Gasteiger partial charge in [0, 0.05) is 19.7 Å². The lowest BCUT2D eigenvalue weighted by Gasteiger charge is -2.15. The Morgan fingerprint density at radius 1 is 1.26 bits per heavy atom. The third-order valence-electron chi connectivity index (χ3n) is 4.57. The highest BCUT2D eigenvalue weighted by Crippen LogP contribution is 2.15. The number of nitrogens with zero attached hydrogens (tertiary/aromatic N) is 1. The molecule has 0 spiro atoms. The van der Waals surface area contributed by atoms with E-state index >= 15 is 0 Å². The lowest BCUT2D eigenvalue weighted by atomic mass is 10.1. The van der Waals surface area contributed by atoms with E-state index in [0.29, 0.717) is 19.8 Å². The van der Waals surface area contributed by atoms with Crippen molar-refractivity contribution in [3.63, 3.8) is 0 Å². The molecule has 3 rings (SSSR count). The minimum absolute atomic E-state index is 0.0168. The van der Waals surface area contributed by atoms with Crippen molar-refractivity contribution in [3.05, 3.63) is 29.8 Å². The van der Waals surface area contributed by atoms with E-state index in [1.807, 2.05) is 24.3 Å². The van der Waals surface area contributed by atoms with Crippen molar-refractivity contribution in [3.8, 4) is 5.75 Å². The summed E-state index contributed by atoms with van der Waals surface area (Å²) < 4.78 is 11.0. The zero-order valence-corrected chi connectivity index (χ0v) is 13.6. The number of hydrogen-bond acceptors (Lipinski definition) is 4. The van der Waals surface area contributed by atoms with E-state index < -0.39 is 0 Å². The summed E-state index contributed by atoms with van der Waals surface area (Å²) in [5.41, 5.74) is 1.09. The summed E-state index contributed by atoms with van der Waals surface area (Å²) in [7, 11) is 0. The first kappa shape index (κ1) is 16.3.